The zero-order chi connectivity index (χ0) is 13.1. The van der Waals surface area contributed by atoms with Gasteiger partial charge in [-0.25, -0.2) is 9.67 Å². The number of aromatic nitrogens is 3. The Morgan fingerprint density at radius 1 is 1.56 bits per heavy atom. The Morgan fingerprint density at radius 3 is 2.89 bits per heavy atom. The number of thiophene rings is 1. The molecule has 7 heteroatoms. The second kappa shape index (κ2) is 6.09. The average molecular weight is 377 g/mol. The molecule has 1 unspecified atom stereocenters. The van der Waals surface area contributed by atoms with Crippen LogP contribution >= 0.6 is 33.9 Å². The molecule has 5 nitrogen and oxygen atoms in total. The molecule has 0 aliphatic carbocycles. The van der Waals surface area contributed by atoms with Crippen molar-refractivity contribution in [1.29, 1.82) is 0 Å². The highest BCUT2D eigenvalue weighted by Crippen LogP contribution is 2.24. The van der Waals surface area contributed by atoms with Gasteiger partial charge >= 0.3 is 0 Å². The van der Waals surface area contributed by atoms with Gasteiger partial charge in [0.2, 0.25) is 0 Å². The van der Waals surface area contributed by atoms with Crippen LogP contribution in [0.3, 0.4) is 0 Å². The number of hydrazine groups is 1. The molecule has 1 atom stereocenters. The van der Waals surface area contributed by atoms with Gasteiger partial charge in [-0.3, -0.25) is 11.3 Å². The van der Waals surface area contributed by atoms with Crippen molar-refractivity contribution in [1.82, 2.24) is 20.2 Å². The van der Waals surface area contributed by atoms with Crippen molar-refractivity contribution in [2.24, 2.45) is 5.84 Å². The van der Waals surface area contributed by atoms with Crippen LogP contribution < -0.4 is 11.3 Å². The summed E-state index contributed by atoms with van der Waals surface area (Å²) in [7, 11) is 0. The molecule has 0 radical (unpaired) electrons. The van der Waals surface area contributed by atoms with Gasteiger partial charge in [0.05, 0.1) is 8.93 Å². The number of rotatable bonds is 5. The third-order valence-corrected chi connectivity index (χ3v) is 4.52. The van der Waals surface area contributed by atoms with E-state index in [1.165, 1.54) is 8.45 Å². The fourth-order valence-electron chi connectivity index (χ4n) is 1.81. The maximum Gasteiger partial charge on any atom is 0.138 e. The van der Waals surface area contributed by atoms with Crippen molar-refractivity contribution >= 4 is 33.9 Å². The van der Waals surface area contributed by atoms with Crippen LogP contribution in [0, 0.1) is 2.88 Å². The van der Waals surface area contributed by atoms with E-state index in [0.29, 0.717) is 6.04 Å². The molecular weight excluding hydrogens is 361 g/mol. The SMILES string of the molecule is CC(C)n1ncnc1CC(NN)c1csc(I)c1. The second-order valence-electron chi connectivity index (χ2n) is 4.32. The molecule has 2 aromatic heterocycles. The van der Waals surface area contributed by atoms with Gasteiger partial charge in [0.25, 0.3) is 0 Å². The smallest absolute Gasteiger partial charge is 0.138 e. The summed E-state index contributed by atoms with van der Waals surface area (Å²) >= 11 is 4.03. The molecule has 0 saturated heterocycles. The standard InChI is InChI=1S/C11H16IN5S/c1-7(2)17-11(14-6-15-17)4-9(16-13)8-3-10(12)18-5-8/h3,5-7,9,16H,4,13H2,1-2H3. The topological polar surface area (TPSA) is 68.8 Å². The molecule has 2 heterocycles. The van der Waals surface area contributed by atoms with Crippen molar-refractivity contribution in [3.05, 3.63) is 32.0 Å². The molecule has 0 aromatic carbocycles. The monoisotopic (exact) mass is 377 g/mol. The van der Waals surface area contributed by atoms with E-state index in [2.05, 4.69) is 63.4 Å². The first kappa shape index (κ1) is 13.9. The van der Waals surface area contributed by atoms with Gasteiger partial charge in [-0.1, -0.05) is 0 Å². The van der Waals surface area contributed by atoms with Crippen LogP contribution in [-0.2, 0) is 6.42 Å². The number of hydrogen-bond acceptors (Lipinski definition) is 5. The van der Waals surface area contributed by atoms with E-state index in [1.807, 2.05) is 4.68 Å². The molecule has 2 aromatic rings. The average Bonchev–Trinajstić information content (AvgIpc) is 2.94. The first-order chi connectivity index (χ1) is 8.61. The molecule has 3 N–H and O–H groups in total. The lowest BCUT2D eigenvalue weighted by Gasteiger charge is -2.16. The number of nitrogens with zero attached hydrogens (tertiary/aromatic N) is 3. The van der Waals surface area contributed by atoms with E-state index >= 15 is 0 Å². The molecular formula is C11H16IN5S. The van der Waals surface area contributed by atoms with Crippen LogP contribution in [0.15, 0.2) is 17.8 Å². The highest BCUT2D eigenvalue weighted by Gasteiger charge is 2.16. The Balaban J connectivity index is 2.18. The van der Waals surface area contributed by atoms with Crippen molar-refractivity contribution in [3.8, 4) is 0 Å². The lowest BCUT2D eigenvalue weighted by atomic mass is 10.1. The Bertz CT molecular complexity index is 507. The van der Waals surface area contributed by atoms with Gasteiger partial charge in [-0.15, -0.1) is 11.3 Å². The summed E-state index contributed by atoms with van der Waals surface area (Å²) in [6.07, 6.45) is 2.34. The minimum atomic E-state index is 0.0754. The number of nitrogens with two attached hydrogens (primary N) is 1. The van der Waals surface area contributed by atoms with E-state index in [1.54, 1.807) is 17.7 Å². The van der Waals surface area contributed by atoms with Gasteiger partial charge in [-0.05, 0) is 53.4 Å². The maximum atomic E-state index is 5.65. The first-order valence-electron chi connectivity index (χ1n) is 5.70. The molecule has 0 aliphatic heterocycles. The highest BCUT2D eigenvalue weighted by atomic mass is 127. The van der Waals surface area contributed by atoms with Crippen LogP contribution in [0.5, 0.6) is 0 Å². The summed E-state index contributed by atoms with van der Waals surface area (Å²) in [5, 5.41) is 6.37. The van der Waals surface area contributed by atoms with Gasteiger partial charge in [0, 0.05) is 12.5 Å². The van der Waals surface area contributed by atoms with E-state index in [9.17, 15) is 0 Å². The van der Waals surface area contributed by atoms with E-state index in [-0.39, 0.29) is 6.04 Å². The first-order valence-corrected chi connectivity index (χ1v) is 7.66. The quantitative estimate of drug-likeness (QED) is 0.477. The predicted molar refractivity (Wildman–Crippen MR) is 81.2 cm³/mol. The molecule has 18 heavy (non-hydrogen) atoms. The summed E-state index contributed by atoms with van der Waals surface area (Å²) in [6, 6.07) is 2.53. The number of nitrogens with one attached hydrogen (secondary N) is 1. The minimum absolute atomic E-state index is 0.0754. The fraction of sp³-hybridized carbons (Fsp3) is 0.455. The minimum Gasteiger partial charge on any atom is -0.271 e. The van der Waals surface area contributed by atoms with E-state index < -0.39 is 0 Å². The van der Waals surface area contributed by atoms with E-state index in [0.717, 1.165) is 12.2 Å². The third kappa shape index (κ3) is 3.08. The largest absolute Gasteiger partial charge is 0.271 e. The number of halogens is 1. The van der Waals surface area contributed by atoms with Gasteiger partial charge in [-0.2, -0.15) is 5.10 Å². The molecule has 0 bridgehead atoms. The second-order valence-corrected chi connectivity index (χ2v) is 7.13. The molecule has 0 amide bonds. The predicted octanol–water partition coefficient (Wildman–Crippen LogP) is 2.27. The fourth-order valence-corrected chi connectivity index (χ4v) is 3.24. The maximum absolute atomic E-state index is 5.65. The third-order valence-electron chi connectivity index (χ3n) is 2.71. The molecule has 2 rings (SSSR count). The normalized spacial score (nSPS) is 13.2. The van der Waals surface area contributed by atoms with Crippen LogP contribution in [0.1, 0.15) is 37.3 Å². The summed E-state index contributed by atoms with van der Waals surface area (Å²) in [5.41, 5.74) is 4.06. The number of hydrogen-bond donors (Lipinski definition) is 2. The van der Waals surface area contributed by atoms with Crippen LogP contribution in [-0.4, -0.2) is 14.8 Å². The highest BCUT2D eigenvalue weighted by molar-refractivity contribution is 14.1. The Kier molecular flexibility index (Phi) is 4.71. The van der Waals surface area contributed by atoms with Crippen LogP contribution in [0.4, 0.5) is 0 Å². The van der Waals surface area contributed by atoms with Crippen molar-refractivity contribution < 1.29 is 0 Å². The van der Waals surface area contributed by atoms with Crippen molar-refractivity contribution in [2.75, 3.05) is 0 Å². The Labute approximate surface area is 124 Å². The van der Waals surface area contributed by atoms with Gasteiger partial charge in [0.15, 0.2) is 0 Å². The summed E-state index contributed by atoms with van der Waals surface area (Å²) in [6.45, 7) is 4.19. The summed E-state index contributed by atoms with van der Waals surface area (Å²) < 4.78 is 3.19. The zero-order valence-corrected chi connectivity index (χ0v) is 13.3. The molecule has 0 saturated carbocycles. The summed E-state index contributed by atoms with van der Waals surface area (Å²) in [5.74, 6) is 6.60. The Hall–Kier alpha value is -0.510. The zero-order valence-electron chi connectivity index (χ0n) is 10.3. The molecule has 0 aliphatic rings. The molecule has 0 fully saturated rings. The molecule has 0 spiro atoms. The van der Waals surface area contributed by atoms with Crippen LogP contribution in [0.25, 0.3) is 0 Å². The lowest BCUT2D eigenvalue weighted by Crippen LogP contribution is -2.30. The van der Waals surface area contributed by atoms with E-state index in [4.69, 9.17) is 5.84 Å². The Morgan fingerprint density at radius 2 is 2.33 bits per heavy atom. The van der Waals surface area contributed by atoms with Crippen LogP contribution in [0.2, 0.25) is 0 Å². The van der Waals surface area contributed by atoms with Crippen molar-refractivity contribution in [3.63, 3.8) is 0 Å². The van der Waals surface area contributed by atoms with Gasteiger partial charge in [0.1, 0.15) is 12.2 Å². The van der Waals surface area contributed by atoms with Crippen molar-refractivity contribution in [2.45, 2.75) is 32.4 Å². The summed E-state index contributed by atoms with van der Waals surface area (Å²) in [4.78, 5) is 4.32. The van der Waals surface area contributed by atoms with Gasteiger partial charge < -0.3 is 0 Å². The lowest BCUT2D eigenvalue weighted by molar-refractivity contribution is 0.469. The molecule has 98 valence electrons.